The molecule has 1 saturated heterocycles. The van der Waals surface area contributed by atoms with Gasteiger partial charge in [0.15, 0.2) is 0 Å². The molecule has 7 nitrogen and oxygen atoms in total. The third-order valence-electron chi connectivity index (χ3n) is 5.46. The summed E-state index contributed by atoms with van der Waals surface area (Å²) >= 11 is 0. The maximum Gasteiger partial charge on any atom is 0.266 e. The van der Waals surface area contributed by atoms with Crippen molar-refractivity contribution in [2.75, 3.05) is 6.54 Å². The average molecular weight is 438 g/mol. The standard InChI is InChI=1S/C22H19FN4O3S/c23-16-7-5-8-17(14-16)31(28,29)27-13-4-3-10-19(27)21-25-26-22(30-21)20-18-9-2-1-6-15(18)11-12-24-20/h1-2,5-9,11-12,14,19H,3-4,10,13H2/t19-/m1/s1. The number of aromatic nitrogens is 3. The van der Waals surface area contributed by atoms with E-state index in [1.807, 2.05) is 30.3 Å². The van der Waals surface area contributed by atoms with Gasteiger partial charge in [0.2, 0.25) is 15.9 Å². The predicted molar refractivity (Wildman–Crippen MR) is 112 cm³/mol. The van der Waals surface area contributed by atoms with Gasteiger partial charge < -0.3 is 4.42 Å². The van der Waals surface area contributed by atoms with Crippen molar-refractivity contribution in [1.29, 1.82) is 0 Å². The van der Waals surface area contributed by atoms with Crippen molar-refractivity contribution in [3.8, 4) is 11.6 Å². The van der Waals surface area contributed by atoms with E-state index in [0.717, 1.165) is 23.3 Å². The topological polar surface area (TPSA) is 89.2 Å². The van der Waals surface area contributed by atoms with Crippen LogP contribution in [0, 0.1) is 5.82 Å². The van der Waals surface area contributed by atoms with Crippen LogP contribution in [-0.2, 0) is 10.0 Å². The summed E-state index contributed by atoms with van der Waals surface area (Å²) in [6.07, 6.45) is 3.74. The molecule has 1 fully saturated rings. The molecule has 0 N–H and O–H groups in total. The minimum absolute atomic E-state index is 0.0881. The lowest BCUT2D eigenvalue weighted by atomic mass is 10.1. The molecule has 0 saturated carbocycles. The number of benzene rings is 2. The number of sulfonamides is 1. The van der Waals surface area contributed by atoms with Gasteiger partial charge in [0.1, 0.15) is 17.6 Å². The van der Waals surface area contributed by atoms with E-state index in [4.69, 9.17) is 4.42 Å². The maximum atomic E-state index is 13.7. The first-order valence-corrected chi connectivity index (χ1v) is 11.4. The van der Waals surface area contributed by atoms with Crippen LogP contribution in [0.1, 0.15) is 31.2 Å². The Morgan fingerprint density at radius 3 is 2.77 bits per heavy atom. The first kappa shape index (κ1) is 19.8. The van der Waals surface area contributed by atoms with Gasteiger partial charge >= 0.3 is 0 Å². The van der Waals surface area contributed by atoms with E-state index in [-0.39, 0.29) is 16.7 Å². The summed E-state index contributed by atoms with van der Waals surface area (Å²) in [6.45, 7) is 0.299. The Kier molecular flexibility index (Phi) is 4.99. The number of pyridine rings is 1. The van der Waals surface area contributed by atoms with Crippen molar-refractivity contribution in [2.45, 2.75) is 30.2 Å². The lowest BCUT2D eigenvalue weighted by Crippen LogP contribution is -2.38. The summed E-state index contributed by atoms with van der Waals surface area (Å²) in [6, 6.07) is 14.0. The van der Waals surface area contributed by atoms with E-state index < -0.39 is 21.9 Å². The molecule has 0 unspecified atom stereocenters. The fourth-order valence-electron chi connectivity index (χ4n) is 3.96. The number of piperidine rings is 1. The molecule has 158 valence electrons. The molecular weight excluding hydrogens is 419 g/mol. The van der Waals surface area contributed by atoms with Gasteiger partial charge in [-0.1, -0.05) is 36.8 Å². The molecule has 1 aliphatic heterocycles. The Morgan fingerprint density at radius 2 is 1.90 bits per heavy atom. The van der Waals surface area contributed by atoms with Gasteiger partial charge in [-0.3, -0.25) is 4.98 Å². The Labute approximate surface area is 178 Å². The van der Waals surface area contributed by atoms with Crippen LogP contribution in [0.5, 0.6) is 0 Å². The normalized spacial score (nSPS) is 17.8. The molecule has 0 radical (unpaired) electrons. The number of halogens is 1. The summed E-state index contributed by atoms with van der Waals surface area (Å²) in [5.41, 5.74) is 0.548. The molecule has 4 aromatic rings. The fourth-order valence-corrected chi connectivity index (χ4v) is 5.64. The molecule has 5 rings (SSSR count). The first-order chi connectivity index (χ1) is 15.0. The Hall–Kier alpha value is -3.17. The highest BCUT2D eigenvalue weighted by atomic mass is 32.2. The van der Waals surface area contributed by atoms with Crippen LogP contribution in [0.15, 0.2) is 70.1 Å². The van der Waals surface area contributed by atoms with Crippen molar-refractivity contribution in [3.63, 3.8) is 0 Å². The largest absolute Gasteiger partial charge is 0.417 e. The molecule has 0 bridgehead atoms. The van der Waals surface area contributed by atoms with Crippen molar-refractivity contribution in [1.82, 2.24) is 19.5 Å². The third kappa shape index (κ3) is 3.60. The van der Waals surface area contributed by atoms with E-state index in [1.54, 1.807) is 6.20 Å². The van der Waals surface area contributed by atoms with Gasteiger partial charge in [0, 0.05) is 18.1 Å². The molecule has 0 aliphatic carbocycles. The van der Waals surface area contributed by atoms with Gasteiger partial charge in [0.05, 0.1) is 4.90 Å². The summed E-state index contributed by atoms with van der Waals surface area (Å²) in [4.78, 5) is 4.30. The molecule has 0 spiro atoms. The molecule has 2 aromatic heterocycles. The van der Waals surface area contributed by atoms with Crippen LogP contribution in [0.4, 0.5) is 4.39 Å². The zero-order chi connectivity index (χ0) is 21.4. The number of nitrogens with zero attached hydrogens (tertiary/aromatic N) is 4. The Bertz CT molecular complexity index is 1350. The van der Waals surface area contributed by atoms with E-state index >= 15 is 0 Å². The van der Waals surface area contributed by atoms with Crippen molar-refractivity contribution in [3.05, 3.63) is 72.5 Å². The van der Waals surface area contributed by atoms with Gasteiger partial charge in [-0.25, -0.2) is 12.8 Å². The van der Waals surface area contributed by atoms with Crippen molar-refractivity contribution in [2.24, 2.45) is 0 Å². The number of hydrogen-bond acceptors (Lipinski definition) is 6. The lowest BCUT2D eigenvalue weighted by Gasteiger charge is -2.32. The smallest absolute Gasteiger partial charge is 0.266 e. The van der Waals surface area contributed by atoms with Crippen LogP contribution in [0.3, 0.4) is 0 Å². The Morgan fingerprint density at radius 1 is 1.03 bits per heavy atom. The maximum absolute atomic E-state index is 13.7. The summed E-state index contributed by atoms with van der Waals surface area (Å²) in [5.74, 6) is -0.151. The highest BCUT2D eigenvalue weighted by Gasteiger charge is 2.37. The zero-order valence-electron chi connectivity index (χ0n) is 16.5. The zero-order valence-corrected chi connectivity index (χ0v) is 17.3. The van der Waals surface area contributed by atoms with Gasteiger partial charge in [0.25, 0.3) is 5.89 Å². The van der Waals surface area contributed by atoms with E-state index in [1.165, 1.54) is 22.5 Å². The van der Waals surface area contributed by atoms with Crippen molar-refractivity contribution < 1.29 is 17.2 Å². The van der Waals surface area contributed by atoms with Crippen LogP contribution < -0.4 is 0 Å². The molecular formula is C22H19FN4O3S. The van der Waals surface area contributed by atoms with Crippen LogP contribution in [0.25, 0.3) is 22.4 Å². The van der Waals surface area contributed by atoms with E-state index in [2.05, 4.69) is 15.2 Å². The second kappa shape index (κ2) is 7.82. The molecule has 31 heavy (non-hydrogen) atoms. The van der Waals surface area contributed by atoms with Gasteiger partial charge in [-0.2, -0.15) is 4.31 Å². The number of fused-ring (bicyclic) bond motifs is 1. The second-order valence-electron chi connectivity index (χ2n) is 7.41. The van der Waals surface area contributed by atoms with Crippen LogP contribution in [-0.4, -0.2) is 34.4 Å². The molecule has 3 heterocycles. The molecule has 9 heteroatoms. The number of hydrogen-bond donors (Lipinski definition) is 0. The lowest BCUT2D eigenvalue weighted by molar-refractivity contribution is 0.220. The SMILES string of the molecule is O=S(=O)(c1cccc(F)c1)N1CCCC[C@@H]1c1nnc(-c2nccc3ccccc23)o1. The highest BCUT2D eigenvalue weighted by Crippen LogP contribution is 2.36. The van der Waals surface area contributed by atoms with E-state index in [0.29, 0.717) is 25.1 Å². The third-order valence-corrected chi connectivity index (χ3v) is 7.36. The van der Waals surface area contributed by atoms with E-state index in [9.17, 15) is 12.8 Å². The van der Waals surface area contributed by atoms with Crippen LogP contribution >= 0.6 is 0 Å². The summed E-state index contributed by atoms with van der Waals surface area (Å²) in [7, 11) is -3.92. The molecule has 2 aromatic carbocycles. The summed E-state index contributed by atoms with van der Waals surface area (Å²) < 4.78 is 47.4. The summed E-state index contributed by atoms with van der Waals surface area (Å²) in [5, 5.41) is 10.2. The minimum atomic E-state index is -3.92. The predicted octanol–water partition coefficient (Wildman–Crippen LogP) is 4.34. The van der Waals surface area contributed by atoms with Crippen LogP contribution in [0.2, 0.25) is 0 Å². The monoisotopic (exact) mass is 438 g/mol. The highest BCUT2D eigenvalue weighted by molar-refractivity contribution is 7.89. The number of rotatable bonds is 4. The molecule has 0 amide bonds. The quantitative estimate of drug-likeness (QED) is 0.471. The fraction of sp³-hybridized carbons (Fsp3) is 0.227. The van der Waals surface area contributed by atoms with Gasteiger partial charge in [-0.05, 0) is 42.5 Å². The Balaban J connectivity index is 1.53. The molecule has 1 aliphatic rings. The first-order valence-electron chi connectivity index (χ1n) is 9.99. The molecule has 1 atom stereocenters. The second-order valence-corrected chi connectivity index (χ2v) is 9.30. The van der Waals surface area contributed by atoms with Gasteiger partial charge in [-0.15, -0.1) is 10.2 Å². The average Bonchev–Trinajstić information content (AvgIpc) is 3.29. The van der Waals surface area contributed by atoms with Crippen molar-refractivity contribution >= 4 is 20.8 Å². The minimum Gasteiger partial charge on any atom is -0.417 e.